The summed E-state index contributed by atoms with van der Waals surface area (Å²) in [6.45, 7) is 0.220. The van der Waals surface area contributed by atoms with E-state index in [0.717, 1.165) is 0 Å². The second-order valence-electron chi connectivity index (χ2n) is 4.25. The van der Waals surface area contributed by atoms with E-state index in [9.17, 15) is 13.2 Å². The Hall–Kier alpha value is -2.28. The Bertz CT molecular complexity index is 619. The molecule has 0 aliphatic carbocycles. The first-order valence-corrected chi connectivity index (χ1v) is 5.79. The fourth-order valence-electron chi connectivity index (χ4n) is 1.81. The molecule has 0 bridgehead atoms. The van der Waals surface area contributed by atoms with Crippen molar-refractivity contribution >= 4 is 11.6 Å². The molecule has 1 aromatic heterocycles. The maximum Gasteiger partial charge on any atom is 0.178 e. The average molecular weight is 282 g/mol. The summed E-state index contributed by atoms with van der Waals surface area (Å²) in [5.41, 5.74) is 2.69. The summed E-state index contributed by atoms with van der Waals surface area (Å²) in [5.74, 6) is 2.68. The van der Waals surface area contributed by atoms with Crippen LogP contribution >= 0.6 is 0 Å². The first-order valence-electron chi connectivity index (χ1n) is 5.79. The molecule has 20 heavy (non-hydrogen) atoms. The van der Waals surface area contributed by atoms with Gasteiger partial charge in [0.2, 0.25) is 0 Å². The Morgan fingerprint density at radius 1 is 1.20 bits per heavy atom. The lowest BCUT2D eigenvalue weighted by molar-refractivity contribution is 0.572. The highest BCUT2D eigenvalue weighted by atomic mass is 19.1. The normalized spacial score (nSPS) is 10.4. The summed E-state index contributed by atoms with van der Waals surface area (Å²) >= 11 is 0. The van der Waals surface area contributed by atoms with Crippen molar-refractivity contribution < 1.29 is 13.2 Å². The summed E-state index contributed by atoms with van der Waals surface area (Å²) in [7, 11) is 1.56. The number of hydrogen-bond donors (Lipinski definition) is 2. The van der Waals surface area contributed by atoms with Gasteiger partial charge < -0.3 is 10.3 Å². The minimum atomic E-state index is -0.882. The topological polar surface area (TPSA) is 54.2 Å². The van der Waals surface area contributed by atoms with Crippen molar-refractivity contribution in [3.8, 4) is 0 Å². The van der Waals surface area contributed by atoms with E-state index in [2.05, 4.69) is 10.4 Å². The highest BCUT2D eigenvalue weighted by Gasteiger charge is 2.15. The van der Waals surface area contributed by atoms with Crippen molar-refractivity contribution in [3.63, 3.8) is 0 Å². The van der Waals surface area contributed by atoms with Gasteiger partial charge in [0, 0.05) is 19.7 Å². The van der Waals surface area contributed by atoms with Crippen LogP contribution in [0.1, 0.15) is 5.56 Å². The van der Waals surface area contributed by atoms with E-state index < -0.39 is 11.6 Å². The molecule has 0 fully saturated rings. The molecule has 2 rings (SSSR count). The molecule has 0 aliphatic rings. The fourth-order valence-corrected chi connectivity index (χ4v) is 1.81. The lowest BCUT2D eigenvalue weighted by Gasteiger charge is -2.19. The number of anilines is 2. The SMILES string of the molecule is CN(Cc1cccc(F)c1)c1nc(NN)c(F)cc1F. The number of hydrogen-bond acceptors (Lipinski definition) is 4. The number of halogens is 3. The monoisotopic (exact) mass is 282 g/mol. The standard InChI is InChI=1S/C13H13F3N4/c1-20(7-8-3-2-4-9(14)5-8)13-11(16)6-10(15)12(18-13)19-17/h2-6H,7,17H2,1H3,(H,18,19). The van der Waals surface area contributed by atoms with Crippen molar-refractivity contribution in [2.45, 2.75) is 6.54 Å². The Kier molecular flexibility index (Phi) is 4.09. The van der Waals surface area contributed by atoms with E-state index in [1.165, 1.54) is 17.0 Å². The predicted octanol–water partition coefficient (Wildman–Crippen LogP) is 2.42. The molecule has 1 heterocycles. The van der Waals surface area contributed by atoms with Crippen molar-refractivity contribution in [1.82, 2.24) is 4.98 Å². The predicted molar refractivity (Wildman–Crippen MR) is 70.5 cm³/mol. The molecule has 0 amide bonds. The van der Waals surface area contributed by atoms with Gasteiger partial charge in [-0.3, -0.25) is 0 Å². The molecule has 0 radical (unpaired) electrons. The Morgan fingerprint density at radius 2 is 1.95 bits per heavy atom. The maximum atomic E-state index is 13.7. The van der Waals surface area contributed by atoms with Gasteiger partial charge in [0.1, 0.15) is 5.82 Å². The number of aromatic nitrogens is 1. The molecule has 0 spiro atoms. The second-order valence-corrected chi connectivity index (χ2v) is 4.25. The molecule has 0 atom stereocenters. The highest BCUT2D eigenvalue weighted by molar-refractivity contribution is 5.48. The zero-order valence-electron chi connectivity index (χ0n) is 10.7. The van der Waals surface area contributed by atoms with Crippen LogP contribution in [0.2, 0.25) is 0 Å². The number of rotatable bonds is 4. The van der Waals surface area contributed by atoms with Gasteiger partial charge in [0.25, 0.3) is 0 Å². The van der Waals surface area contributed by atoms with Crippen LogP contribution in [0.15, 0.2) is 30.3 Å². The molecule has 0 saturated carbocycles. The minimum Gasteiger partial charge on any atom is -0.353 e. The lowest BCUT2D eigenvalue weighted by atomic mass is 10.2. The summed E-state index contributed by atoms with van der Waals surface area (Å²) < 4.78 is 40.1. The van der Waals surface area contributed by atoms with Crippen LogP contribution in [0.3, 0.4) is 0 Å². The fraction of sp³-hybridized carbons (Fsp3) is 0.154. The molecule has 1 aromatic carbocycles. The average Bonchev–Trinajstić information content (AvgIpc) is 2.38. The number of pyridine rings is 1. The molecule has 0 saturated heterocycles. The Morgan fingerprint density at radius 3 is 2.60 bits per heavy atom. The largest absolute Gasteiger partial charge is 0.353 e. The molecule has 7 heteroatoms. The van der Waals surface area contributed by atoms with E-state index in [0.29, 0.717) is 11.6 Å². The van der Waals surface area contributed by atoms with Crippen molar-refractivity contribution in [2.24, 2.45) is 5.84 Å². The Labute approximate surface area is 114 Å². The first-order chi connectivity index (χ1) is 9.51. The highest BCUT2D eigenvalue weighted by Crippen LogP contribution is 2.22. The van der Waals surface area contributed by atoms with E-state index in [-0.39, 0.29) is 24.0 Å². The molecule has 0 aliphatic heterocycles. The second kappa shape index (κ2) is 5.79. The van der Waals surface area contributed by atoms with Gasteiger partial charge in [0.05, 0.1) is 0 Å². The smallest absolute Gasteiger partial charge is 0.178 e. The van der Waals surface area contributed by atoms with E-state index in [1.54, 1.807) is 19.2 Å². The van der Waals surface area contributed by atoms with E-state index in [1.807, 2.05) is 0 Å². The van der Waals surface area contributed by atoms with Crippen molar-refractivity contribution in [1.29, 1.82) is 0 Å². The zero-order chi connectivity index (χ0) is 14.7. The Balaban J connectivity index is 2.27. The number of benzene rings is 1. The molecule has 106 valence electrons. The quantitative estimate of drug-likeness (QED) is 0.668. The van der Waals surface area contributed by atoms with Crippen LogP contribution in [0.4, 0.5) is 24.8 Å². The van der Waals surface area contributed by atoms with E-state index in [4.69, 9.17) is 5.84 Å². The number of nitrogen functional groups attached to an aromatic ring is 1. The number of nitrogens with zero attached hydrogens (tertiary/aromatic N) is 2. The maximum absolute atomic E-state index is 13.7. The third kappa shape index (κ3) is 3.00. The van der Waals surface area contributed by atoms with Gasteiger partial charge >= 0.3 is 0 Å². The molecule has 3 N–H and O–H groups in total. The summed E-state index contributed by atoms with van der Waals surface area (Å²) in [4.78, 5) is 5.19. The van der Waals surface area contributed by atoms with Gasteiger partial charge in [-0.15, -0.1) is 0 Å². The van der Waals surface area contributed by atoms with Gasteiger partial charge in [0.15, 0.2) is 23.3 Å². The molecule has 0 unspecified atom stereocenters. The third-order valence-corrected chi connectivity index (χ3v) is 2.72. The van der Waals surface area contributed by atoms with Crippen LogP contribution in [0.5, 0.6) is 0 Å². The molecule has 2 aromatic rings. The number of hydrazine groups is 1. The summed E-state index contributed by atoms with van der Waals surface area (Å²) in [5, 5.41) is 0. The van der Waals surface area contributed by atoms with Crippen molar-refractivity contribution in [2.75, 3.05) is 17.4 Å². The molecular formula is C13H13F3N4. The summed E-state index contributed by atoms with van der Waals surface area (Å²) in [6.07, 6.45) is 0. The van der Waals surface area contributed by atoms with Gasteiger partial charge in [-0.2, -0.15) is 0 Å². The molecule has 4 nitrogen and oxygen atoms in total. The van der Waals surface area contributed by atoms with Gasteiger partial charge in [-0.25, -0.2) is 24.0 Å². The van der Waals surface area contributed by atoms with Crippen LogP contribution in [-0.4, -0.2) is 12.0 Å². The van der Waals surface area contributed by atoms with Crippen LogP contribution in [0, 0.1) is 17.5 Å². The number of nitrogens with one attached hydrogen (secondary N) is 1. The number of nitrogens with two attached hydrogens (primary N) is 1. The van der Waals surface area contributed by atoms with Gasteiger partial charge in [-0.1, -0.05) is 12.1 Å². The minimum absolute atomic E-state index is 0.0800. The van der Waals surface area contributed by atoms with Crippen LogP contribution < -0.4 is 16.2 Å². The van der Waals surface area contributed by atoms with E-state index >= 15 is 0 Å². The summed E-state index contributed by atoms with van der Waals surface area (Å²) in [6, 6.07) is 6.60. The lowest BCUT2D eigenvalue weighted by Crippen LogP contribution is -2.21. The van der Waals surface area contributed by atoms with Crippen molar-refractivity contribution in [3.05, 3.63) is 53.3 Å². The first kappa shape index (κ1) is 14.1. The molecular weight excluding hydrogens is 269 g/mol. The zero-order valence-corrected chi connectivity index (χ0v) is 10.7. The van der Waals surface area contributed by atoms with Crippen LogP contribution in [-0.2, 0) is 6.54 Å². The third-order valence-electron chi connectivity index (χ3n) is 2.72. The van der Waals surface area contributed by atoms with Crippen LogP contribution in [0.25, 0.3) is 0 Å². The van der Waals surface area contributed by atoms with Gasteiger partial charge in [-0.05, 0) is 17.7 Å².